The summed E-state index contributed by atoms with van der Waals surface area (Å²) in [6.45, 7) is 0. The summed E-state index contributed by atoms with van der Waals surface area (Å²) in [7, 11) is 1.45. The van der Waals surface area contributed by atoms with Crippen LogP contribution in [0.25, 0.3) is 22.2 Å². The standard InChI is InChI=1S/C18H15ClFN3O2/c1-25-18-22-12-7-13(24)14(8-2-3-8)16(21)15(12)17(23-18)9-4-5-11(20)10(19)6-9/h4-8,24H,2-3,21H2,1H3. The van der Waals surface area contributed by atoms with Crippen LogP contribution < -0.4 is 10.5 Å². The summed E-state index contributed by atoms with van der Waals surface area (Å²) in [5, 5.41) is 10.9. The van der Waals surface area contributed by atoms with Crippen LogP contribution in [0.15, 0.2) is 24.3 Å². The first-order valence-electron chi connectivity index (χ1n) is 7.82. The monoisotopic (exact) mass is 359 g/mol. The van der Waals surface area contributed by atoms with Crippen molar-refractivity contribution in [2.45, 2.75) is 18.8 Å². The molecule has 3 N–H and O–H groups in total. The van der Waals surface area contributed by atoms with Crippen molar-refractivity contribution in [3.05, 3.63) is 40.7 Å². The molecule has 0 aliphatic heterocycles. The first-order valence-corrected chi connectivity index (χ1v) is 8.20. The molecule has 0 bridgehead atoms. The highest BCUT2D eigenvalue weighted by Crippen LogP contribution is 2.50. The maximum Gasteiger partial charge on any atom is 0.317 e. The minimum atomic E-state index is -0.514. The van der Waals surface area contributed by atoms with Crippen LogP contribution in [0, 0.1) is 5.82 Å². The lowest BCUT2D eigenvalue weighted by Gasteiger charge is -2.15. The molecule has 1 aromatic heterocycles. The third-order valence-electron chi connectivity index (χ3n) is 4.39. The highest BCUT2D eigenvalue weighted by Gasteiger charge is 2.30. The van der Waals surface area contributed by atoms with Crippen LogP contribution in [0.4, 0.5) is 10.1 Å². The minimum Gasteiger partial charge on any atom is -0.508 e. The number of fused-ring (bicyclic) bond motifs is 1. The maximum atomic E-state index is 13.5. The van der Waals surface area contributed by atoms with Crippen LogP contribution in [0.2, 0.25) is 5.02 Å². The molecule has 0 amide bonds. The van der Waals surface area contributed by atoms with E-state index in [1.807, 2.05) is 0 Å². The third kappa shape index (κ3) is 2.62. The Bertz CT molecular complexity index is 1010. The number of aromatic nitrogens is 2. The van der Waals surface area contributed by atoms with Crippen LogP contribution in [0.5, 0.6) is 11.8 Å². The van der Waals surface area contributed by atoms with Gasteiger partial charge in [-0.25, -0.2) is 4.39 Å². The molecular formula is C18H15ClFN3O2. The summed E-state index contributed by atoms with van der Waals surface area (Å²) < 4.78 is 18.7. The normalized spacial score (nSPS) is 14.0. The molecular weight excluding hydrogens is 345 g/mol. The molecule has 0 saturated heterocycles. The number of anilines is 1. The number of ether oxygens (including phenoxy) is 1. The number of benzene rings is 2. The van der Waals surface area contributed by atoms with Crippen molar-refractivity contribution in [1.29, 1.82) is 0 Å². The molecule has 1 saturated carbocycles. The van der Waals surface area contributed by atoms with Gasteiger partial charge in [0.05, 0.1) is 34.4 Å². The lowest BCUT2D eigenvalue weighted by molar-refractivity contribution is 0.382. The van der Waals surface area contributed by atoms with Crippen LogP contribution >= 0.6 is 11.6 Å². The molecule has 25 heavy (non-hydrogen) atoms. The number of nitrogens with zero attached hydrogens (tertiary/aromatic N) is 2. The Morgan fingerprint density at radius 2 is 2.04 bits per heavy atom. The van der Waals surface area contributed by atoms with Gasteiger partial charge in [0.25, 0.3) is 0 Å². The van der Waals surface area contributed by atoms with E-state index in [0.717, 1.165) is 18.4 Å². The maximum absolute atomic E-state index is 13.5. The zero-order valence-electron chi connectivity index (χ0n) is 13.4. The lowest BCUT2D eigenvalue weighted by Crippen LogP contribution is -2.02. The van der Waals surface area contributed by atoms with Crippen LogP contribution in [0.1, 0.15) is 24.3 Å². The number of nitrogens with two attached hydrogens (primary N) is 1. The predicted octanol–water partition coefficient (Wildman–Crippen LogP) is 4.26. The zero-order valence-corrected chi connectivity index (χ0v) is 14.1. The third-order valence-corrected chi connectivity index (χ3v) is 4.68. The summed E-state index contributed by atoms with van der Waals surface area (Å²) in [6.07, 6.45) is 1.97. The quantitative estimate of drug-likeness (QED) is 0.683. The van der Waals surface area contributed by atoms with Gasteiger partial charge in [-0.15, -0.1) is 0 Å². The molecule has 3 aromatic rings. The molecule has 1 aliphatic carbocycles. The van der Waals surface area contributed by atoms with Gasteiger partial charge in [-0.2, -0.15) is 9.97 Å². The number of hydrogen-bond acceptors (Lipinski definition) is 5. The van der Waals surface area contributed by atoms with Crippen molar-refractivity contribution in [2.24, 2.45) is 0 Å². The van der Waals surface area contributed by atoms with Gasteiger partial charge < -0.3 is 15.6 Å². The second-order valence-corrected chi connectivity index (χ2v) is 6.49. The number of hydrogen-bond donors (Lipinski definition) is 2. The van der Waals surface area contributed by atoms with Crippen molar-refractivity contribution in [1.82, 2.24) is 9.97 Å². The molecule has 2 aromatic carbocycles. The molecule has 4 rings (SSSR count). The van der Waals surface area contributed by atoms with Crippen LogP contribution in [-0.2, 0) is 0 Å². The van der Waals surface area contributed by atoms with Gasteiger partial charge in [-0.05, 0) is 37.0 Å². The van der Waals surface area contributed by atoms with E-state index < -0.39 is 5.82 Å². The molecule has 0 atom stereocenters. The molecule has 7 heteroatoms. The summed E-state index contributed by atoms with van der Waals surface area (Å²) >= 11 is 5.92. The molecule has 0 radical (unpaired) electrons. The van der Waals surface area contributed by atoms with Gasteiger partial charge in [0, 0.05) is 17.2 Å². The van der Waals surface area contributed by atoms with E-state index in [9.17, 15) is 9.50 Å². The first-order chi connectivity index (χ1) is 12.0. The molecule has 5 nitrogen and oxygen atoms in total. The van der Waals surface area contributed by atoms with Crippen molar-refractivity contribution >= 4 is 28.2 Å². The zero-order chi connectivity index (χ0) is 17.7. The van der Waals surface area contributed by atoms with Gasteiger partial charge in [-0.3, -0.25) is 0 Å². The highest BCUT2D eigenvalue weighted by atomic mass is 35.5. The van der Waals surface area contributed by atoms with E-state index in [2.05, 4.69) is 9.97 Å². The molecule has 0 spiro atoms. The summed E-state index contributed by atoms with van der Waals surface area (Å²) in [5.41, 5.74) is 9.07. The Kier molecular flexibility index (Phi) is 3.65. The van der Waals surface area contributed by atoms with Crippen LogP contribution in [-0.4, -0.2) is 22.2 Å². The van der Waals surface area contributed by atoms with Gasteiger partial charge in [0.1, 0.15) is 11.6 Å². The van der Waals surface area contributed by atoms with Gasteiger partial charge in [0.2, 0.25) is 0 Å². The molecule has 1 aliphatic rings. The van der Waals surface area contributed by atoms with Gasteiger partial charge >= 0.3 is 6.01 Å². The van der Waals surface area contributed by atoms with E-state index in [4.69, 9.17) is 22.1 Å². The summed E-state index contributed by atoms with van der Waals surface area (Å²) in [5.74, 6) is -0.146. The minimum absolute atomic E-state index is 0.0111. The van der Waals surface area contributed by atoms with E-state index in [-0.39, 0.29) is 22.7 Å². The number of phenolic OH excluding ortho intramolecular Hbond substituents is 1. The second-order valence-electron chi connectivity index (χ2n) is 6.08. The number of aromatic hydroxyl groups is 1. The van der Waals surface area contributed by atoms with E-state index in [1.54, 1.807) is 12.1 Å². The summed E-state index contributed by atoms with van der Waals surface area (Å²) in [4.78, 5) is 8.68. The van der Waals surface area contributed by atoms with Crippen LogP contribution in [0.3, 0.4) is 0 Å². The SMILES string of the molecule is COc1nc(-c2ccc(F)c(Cl)c2)c2c(N)c(C3CC3)c(O)cc2n1. The molecule has 0 unspecified atom stereocenters. The average Bonchev–Trinajstić information content (AvgIpc) is 3.41. The highest BCUT2D eigenvalue weighted by molar-refractivity contribution is 6.31. The fourth-order valence-corrected chi connectivity index (χ4v) is 3.23. The number of methoxy groups -OCH3 is 1. The fraction of sp³-hybridized carbons (Fsp3) is 0.222. The van der Waals surface area contributed by atoms with E-state index >= 15 is 0 Å². The predicted molar refractivity (Wildman–Crippen MR) is 94.5 cm³/mol. The smallest absolute Gasteiger partial charge is 0.317 e. The number of rotatable bonds is 3. The number of nitrogen functional groups attached to an aromatic ring is 1. The molecule has 128 valence electrons. The Balaban J connectivity index is 2.07. The Morgan fingerprint density at radius 3 is 2.68 bits per heavy atom. The Morgan fingerprint density at radius 1 is 1.28 bits per heavy atom. The topological polar surface area (TPSA) is 81.3 Å². The van der Waals surface area contributed by atoms with Crippen molar-refractivity contribution in [2.75, 3.05) is 12.8 Å². The number of phenols is 1. The lowest BCUT2D eigenvalue weighted by atomic mass is 9.99. The first kappa shape index (κ1) is 15.9. The van der Waals surface area contributed by atoms with Crippen molar-refractivity contribution < 1.29 is 14.2 Å². The largest absolute Gasteiger partial charge is 0.508 e. The summed E-state index contributed by atoms with van der Waals surface area (Å²) in [6, 6.07) is 6.03. The second kappa shape index (κ2) is 5.74. The van der Waals surface area contributed by atoms with Crippen molar-refractivity contribution in [3.8, 4) is 23.0 Å². The van der Waals surface area contributed by atoms with Gasteiger partial charge in [0.15, 0.2) is 0 Å². The van der Waals surface area contributed by atoms with Gasteiger partial charge in [-0.1, -0.05) is 11.6 Å². The average molecular weight is 360 g/mol. The Hall–Kier alpha value is -2.60. The fourth-order valence-electron chi connectivity index (χ4n) is 3.05. The Labute approximate surface area is 148 Å². The van der Waals surface area contributed by atoms with E-state index in [0.29, 0.717) is 27.8 Å². The number of halogens is 2. The molecule has 1 heterocycles. The molecule has 1 fully saturated rings. The van der Waals surface area contributed by atoms with E-state index in [1.165, 1.54) is 19.2 Å². The van der Waals surface area contributed by atoms with Crippen molar-refractivity contribution in [3.63, 3.8) is 0 Å².